The standard InChI is InChI=1S/C25H30N2O3/c1-17(29-20-11-9-19(10-12-20)25(2,3)4)24(28)27-15-13-18(14-16-27)23-26-21-7-5-6-8-22(21)30-23/h5-12,17-18H,13-16H2,1-4H3. The van der Waals surface area contributed by atoms with E-state index in [2.05, 4.69) is 37.9 Å². The second kappa shape index (κ2) is 8.13. The van der Waals surface area contributed by atoms with E-state index >= 15 is 0 Å². The molecule has 1 aliphatic heterocycles. The third-order valence-corrected chi connectivity index (χ3v) is 5.85. The molecule has 5 heteroatoms. The summed E-state index contributed by atoms with van der Waals surface area (Å²) in [4.78, 5) is 19.4. The fourth-order valence-corrected chi connectivity index (χ4v) is 3.96. The van der Waals surface area contributed by atoms with E-state index in [1.54, 1.807) is 0 Å². The number of nitrogens with zero attached hydrogens (tertiary/aromatic N) is 2. The lowest BCUT2D eigenvalue weighted by atomic mass is 9.87. The Kier molecular flexibility index (Phi) is 5.54. The first kappa shape index (κ1) is 20.5. The molecule has 0 aliphatic carbocycles. The maximum absolute atomic E-state index is 12.9. The number of carbonyl (C=O) groups excluding carboxylic acids is 1. The van der Waals surface area contributed by atoms with Gasteiger partial charge in [-0.2, -0.15) is 0 Å². The quantitative estimate of drug-likeness (QED) is 0.590. The predicted octanol–water partition coefficient (Wildman–Crippen LogP) is 5.30. The molecule has 4 rings (SSSR count). The zero-order valence-corrected chi connectivity index (χ0v) is 18.2. The van der Waals surface area contributed by atoms with Crippen LogP contribution in [0.3, 0.4) is 0 Å². The molecule has 0 saturated carbocycles. The molecule has 1 unspecified atom stereocenters. The number of amides is 1. The normalized spacial score (nSPS) is 16.6. The number of fused-ring (bicyclic) bond motifs is 1. The molecular weight excluding hydrogens is 376 g/mol. The minimum atomic E-state index is -0.508. The van der Waals surface area contributed by atoms with Crippen LogP contribution in [-0.2, 0) is 10.2 Å². The van der Waals surface area contributed by atoms with E-state index in [-0.39, 0.29) is 17.2 Å². The van der Waals surface area contributed by atoms with Gasteiger partial charge in [-0.15, -0.1) is 0 Å². The summed E-state index contributed by atoms with van der Waals surface area (Å²) in [5.41, 5.74) is 3.06. The first-order valence-corrected chi connectivity index (χ1v) is 10.7. The van der Waals surface area contributed by atoms with Gasteiger partial charge in [0.05, 0.1) is 0 Å². The van der Waals surface area contributed by atoms with E-state index in [4.69, 9.17) is 9.15 Å². The molecule has 0 radical (unpaired) electrons. The lowest BCUT2D eigenvalue weighted by molar-refractivity contribution is -0.139. The zero-order chi connectivity index (χ0) is 21.3. The number of para-hydroxylation sites is 2. The summed E-state index contributed by atoms with van der Waals surface area (Å²) in [6.45, 7) is 9.75. The van der Waals surface area contributed by atoms with Crippen molar-refractivity contribution in [1.29, 1.82) is 0 Å². The number of benzene rings is 2. The molecule has 1 fully saturated rings. The van der Waals surface area contributed by atoms with Crippen molar-refractivity contribution >= 4 is 17.0 Å². The molecule has 3 aromatic rings. The van der Waals surface area contributed by atoms with Gasteiger partial charge in [0.15, 0.2) is 17.6 Å². The maximum atomic E-state index is 12.9. The largest absolute Gasteiger partial charge is 0.481 e. The van der Waals surface area contributed by atoms with Gasteiger partial charge < -0.3 is 14.1 Å². The highest BCUT2D eigenvalue weighted by atomic mass is 16.5. The molecule has 2 heterocycles. The van der Waals surface area contributed by atoms with Crippen LogP contribution in [0.15, 0.2) is 52.9 Å². The van der Waals surface area contributed by atoms with Crippen LogP contribution in [0.25, 0.3) is 11.1 Å². The van der Waals surface area contributed by atoms with Crippen LogP contribution >= 0.6 is 0 Å². The summed E-state index contributed by atoms with van der Waals surface area (Å²) in [5, 5.41) is 0. The summed E-state index contributed by atoms with van der Waals surface area (Å²) >= 11 is 0. The van der Waals surface area contributed by atoms with Crippen molar-refractivity contribution in [3.8, 4) is 5.75 Å². The first-order valence-electron chi connectivity index (χ1n) is 10.7. The van der Waals surface area contributed by atoms with Gasteiger partial charge in [-0.05, 0) is 55.0 Å². The Balaban J connectivity index is 1.33. The van der Waals surface area contributed by atoms with Gasteiger partial charge in [0.25, 0.3) is 5.91 Å². The maximum Gasteiger partial charge on any atom is 0.263 e. The second-order valence-corrected chi connectivity index (χ2v) is 9.15. The molecule has 158 valence electrons. The first-order chi connectivity index (χ1) is 14.3. The second-order valence-electron chi connectivity index (χ2n) is 9.15. The van der Waals surface area contributed by atoms with Crippen LogP contribution in [-0.4, -0.2) is 35.0 Å². The monoisotopic (exact) mass is 406 g/mol. The van der Waals surface area contributed by atoms with Crippen LogP contribution in [0.4, 0.5) is 0 Å². The summed E-state index contributed by atoms with van der Waals surface area (Å²) in [5.74, 6) is 1.80. The average Bonchev–Trinajstić information content (AvgIpc) is 3.17. The highest BCUT2D eigenvalue weighted by molar-refractivity contribution is 5.81. The Morgan fingerprint density at radius 2 is 1.77 bits per heavy atom. The van der Waals surface area contributed by atoms with E-state index in [9.17, 15) is 4.79 Å². The van der Waals surface area contributed by atoms with E-state index < -0.39 is 6.10 Å². The van der Waals surface area contributed by atoms with Gasteiger partial charge in [0.1, 0.15) is 11.3 Å². The number of carbonyl (C=O) groups is 1. The van der Waals surface area contributed by atoms with Gasteiger partial charge in [0.2, 0.25) is 0 Å². The SMILES string of the molecule is CC(Oc1ccc(C(C)(C)C)cc1)C(=O)N1CCC(c2nc3ccccc3o2)CC1. The number of likely N-dealkylation sites (tertiary alicyclic amines) is 1. The predicted molar refractivity (Wildman–Crippen MR) is 118 cm³/mol. The summed E-state index contributed by atoms with van der Waals surface area (Å²) < 4.78 is 11.9. The van der Waals surface area contributed by atoms with Crippen molar-refractivity contribution in [1.82, 2.24) is 9.88 Å². The Labute approximate surface area is 178 Å². The Bertz CT molecular complexity index is 976. The number of aromatic nitrogens is 1. The number of ether oxygens (including phenoxy) is 1. The van der Waals surface area contributed by atoms with Crippen molar-refractivity contribution in [2.75, 3.05) is 13.1 Å². The summed E-state index contributed by atoms with van der Waals surface area (Å²) in [6, 6.07) is 15.9. The number of rotatable bonds is 4. The molecule has 0 bridgehead atoms. The van der Waals surface area contributed by atoms with Gasteiger partial charge >= 0.3 is 0 Å². The smallest absolute Gasteiger partial charge is 0.263 e. The van der Waals surface area contributed by atoms with Crippen molar-refractivity contribution in [2.45, 2.75) is 58.0 Å². The highest BCUT2D eigenvalue weighted by Gasteiger charge is 2.30. The van der Waals surface area contributed by atoms with E-state index in [1.807, 2.05) is 48.2 Å². The molecule has 1 aliphatic rings. The average molecular weight is 407 g/mol. The highest BCUT2D eigenvalue weighted by Crippen LogP contribution is 2.30. The molecule has 0 spiro atoms. The fraction of sp³-hybridized carbons (Fsp3) is 0.440. The van der Waals surface area contributed by atoms with Gasteiger partial charge in [0, 0.05) is 19.0 Å². The van der Waals surface area contributed by atoms with Crippen LogP contribution in [0, 0.1) is 0 Å². The van der Waals surface area contributed by atoms with E-state index in [0.29, 0.717) is 13.1 Å². The van der Waals surface area contributed by atoms with E-state index in [1.165, 1.54) is 5.56 Å². The lowest BCUT2D eigenvalue weighted by Gasteiger charge is -2.32. The molecular formula is C25H30N2O3. The Morgan fingerprint density at radius 1 is 1.10 bits per heavy atom. The number of hydrogen-bond acceptors (Lipinski definition) is 4. The Morgan fingerprint density at radius 3 is 2.40 bits per heavy atom. The molecule has 1 atom stereocenters. The van der Waals surface area contributed by atoms with Gasteiger partial charge in [-0.25, -0.2) is 4.98 Å². The Hall–Kier alpha value is -2.82. The molecule has 5 nitrogen and oxygen atoms in total. The van der Waals surface area contributed by atoms with Crippen LogP contribution < -0.4 is 4.74 Å². The van der Waals surface area contributed by atoms with Crippen molar-refractivity contribution in [2.24, 2.45) is 0 Å². The van der Waals surface area contributed by atoms with Crippen molar-refractivity contribution < 1.29 is 13.9 Å². The summed E-state index contributed by atoms with van der Waals surface area (Å²) in [7, 11) is 0. The van der Waals surface area contributed by atoms with E-state index in [0.717, 1.165) is 35.6 Å². The molecule has 2 aromatic carbocycles. The minimum Gasteiger partial charge on any atom is -0.481 e. The van der Waals surface area contributed by atoms with Gasteiger partial charge in [-0.1, -0.05) is 45.0 Å². The van der Waals surface area contributed by atoms with Crippen LogP contribution in [0.2, 0.25) is 0 Å². The number of hydrogen-bond donors (Lipinski definition) is 0. The number of oxazole rings is 1. The molecule has 1 aromatic heterocycles. The third-order valence-electron chi connectivity index (χ3n) is 5.85. The minimum absolute atomic E-state index is 0.0333. The topological polar surface area (TPSA) is 55.6 Å². The zero-order valence-electron chi connectivity index (χ0n) is 18.2. The van der Waals surface area contributed by atoms with Crippen molar-refractivity contribution in [3.05, 3.63) is 60.0 Å². The van der Waals surface area contributed by atoms with Crippen molar-refractivity contribution in [3.63, 3.8) is 0 Å². The van der Waals surface area contributed by atoms with Gasteiger partial charge in [-0.3, -0.25) is 4.79 Å². The molecule has 0 N–H and O–H groups in total. The third kappa shape index (κ3) is 4.35. The fourth-order valence-electron chi connectivity index (χ4n) is 3.96. The van der Waals surface area contributed by atoms with Crippen LogP contribution in [0.1, 0.15) is 57.9 Å². The molecule has 30 heavy (non-hydrogen) atoms. The van der Waals surface area contributed by atoms with Crippen LogP contribution in [0.5, 0.6) is 5.75 Å². The molecule has 1 saturated heterocycles. The molecule has 1 amide bonds. The lowest BCUT2D eigenvalue weighted by Crippen LogP contribution is -2.44. The summed E-state index contributed by atoms with van der Waals surface area (Å²) in [6.07, 6.45) is 1.20. The number of piperidine rings is 1.